The molecular formula is C14H21ClN2O. The van der Waals surface area contributed by atoms with Gasteiger partial charge in [-0.05, 0) is 24.0 Å². The van der Waals surface area contributed by atoms with Crippen molar-refractivity contribution in [3.05, 3.63) is 28.5 Å². The second-order valence-electron chi connectivity index (χ2n) is 5.75. The zero-order chi connectivity index (χ0) is 13.9. The van der Waals surface area contributed by atoms with Crippen LogP contribution >= 0.6 is 11.6 Å². The van der Waals surface area contributed by atoms with Crippen LogP contribution < -0.4 is 0 Å². The molecule has 3 nitrogen and oxygen atoms in total. The van der Waals surface area contributed by atoms with Crippen molar-refractivity contribution < 1.29 is 4.79 Å². The number of aryl methyl sites for hydroxylation is 1. The molecule has 0 unspecified atom stereocenters. The number of rotatable bonds is 3. The van der Waals surface area contributed by atoms with Gasteiger partial charge in [0, 0.05) is 24.8 Å². The van der Waals surface area contributed by atoms with Gasteiger partial charge in [0.15, 0.2) is 0 Å². The average Bonchev–Trinajstić information content (AvgIpc) is 2.24. The Morgan fingerprint density at radius 3 is 2.50 bits per heavy atom. The molecule has 0 saturated carbocycles. The normalized spacial score (nSPS) is 11.4. The lowest BCUT2D eigenvalue weighted by Crippen LogP contribution is -2.34. The SMILES string of the molecule is CCc1cc(C(=O)N(C)CC(C)(C)C)cc(Cl)n1. The summed E-state index contributed by atoms with van der Waals surface area (Å²) in [6.07, 6.45) is 0.768. The topological polar surface area (TPSA) is 33.2 Å². The lowest BCUT2D eigenvalue weighted by molar-refractivity contribution is 0.0745. The Labute approximate surface area is 114 Å². The van der Waals surface area contributed by atoms with Gasteiger partial charge >= 0.3 is 0 Å². The Bertz CT molecular complexity index is 438. The Morgan fingerprint density at radius 2 is 2.00 bits per heavy atom. The highest BCUT2D eigenvalue weighted by molar-refractivity contribution is 6.29. The molecule has 0 radical (unpaired) electrons. The second kappa shape index (κ2) is 5.70. The third kappa shape index (κ3) is 4.30. The van der Waals surface area contributed by atoms with Gasteiger partial charge in [-0.25, -0.2) is 4.98 Å². The third-order valence-corrected chi connectivity index (χ3v) is 2.71. The summed E-state index contributed by atoms with van der Waals surface area (Å²) in [4.78, 5) is 18.2. The second-order valence-corrected chi connectivity index (χ2v) is 6.13. The standard InChI is InChI=1S/C14H21ClN2O/c1-6-11-7-10(8-12(15)16-11)13(18)17(5)9-14(2,3)4/h7-8H,6,9H2,1-5H3. The molecule has 0 aromatic carbocycles. The molecule has 0 saturated heterocycles. The van der Waals surface area contributed by atoms with Crippen LogP contribution in [-0.2, 0) is 6.42 Å². The van der Waals surface area contributed by atoms with E-state index in [1.54, 1.807) is 11.0 Å². The van der Waals surface area contributed by atoms with Crippen LogP contribution in [0.2, 0.25) is 5.15 Å². The van der Waals surface area contributed by atoms with Crippen LogP contribution in [0, 0.1) is 5.41 Å². The largest absolute Gasteiger partial charge is 0.341 e. The van der Waals surface area contributed by atoms with E-state index in [9.17, 15) is 4.79 Å². The quantitative estimate of drug-likeness (QED) is 0.787. The van der Waals surface area contributed by atoms with Crippen molar-refractivity contribution in [2.24, 2.45) is 5.41 Å². The van der Waals surface area contributed by atoms with E-state index >= 15 is 0 Å². The zero-order valence-corrected chi connectivity index (χ0v) is 12.5. The van der Waals surface area contributed by atoms with Gasteiger partial charge in [0.25, 0.3) is 5.91 Å². The molecule has 1 aromatic rings. The summed E-state index contributed by atoms with van der Waals surface area (Å²) in [6.45, 7) is 9.01. The van der Waals surface area contributed by atoms with Gasteiger partial charge in [-0.3, -0.25) is 4.79 Å². The number of amides is 1. The monoisotopic (exact) mass is 268 g/mol. The van der Waals surface area contributed by atoms with Gasteiger partial charge in [-0.15, -0.1) is 0 Å². The first-order valence-corrected chi connectivity index (χ1v) is 6.52. The maximum absolute atomic E-state index is 12.3. The van der Waals surface area contributed by atoms with E-state index in [-0.39, 0.29) is 11.3 Å². The Morgan fingerprint density at radius 1 is 1.39 bits per heavy atom. The molecule has 1 heterocycles. The van der Waals surface area contributed by atoms with E-state index < -0.39 is 0 Å². The molecule has 1 aromatic heterocycles. The molecule has 0 spiro atoms. The van der Waals surface area contributed by atoms with Gasteiger partial charge in [-0.1, -0.05) is 39.3 Å². The average molecular weight is 269 g/mol. The van der Waals surface area contributed by atoms with Crippen LogP contribution in [-0.4, -0.2) is 29.4 Å². The number of halogens is 1. The van der Waals surface area contributed by atoms with Gasteiger partial charge in [0.1, 0.15) is 5.15 Å². The summed E-state index contributed by atoms with van der Waals surface area (Å²) in [6, 6.07) is 3.44. The highest BCUT2D eigenvalue weighted by Gasteiger charge is 2.19. The van der Waals surface area contributed by atoms with Crippen LogP contribution in [0.1, 0.15) is 43.7 Å². The van der Waals surface area contributed by atoms with Crippen LogP contribution in [0.3, 0.4) is 0 Å². The fraction of sp³-hybridized carbons (Fsp3) is 0.571. The molecule has 1 rings (SSSR count). The molecule has 0 fully saturated rings. The summed E-state index contributed by atoms with van der Waals surface area (Å²) in [5.41, 5.74) is 1.53. The molecule has 0 N–H and O–H groups in total. The summed E-state index contributed by atoms with van der Waals surface area (Å²) < 4.78 is 0. The number of carbonyl (C=O) groups is 1. The van der Waals surface area contributed by atoms with Crippen LogP contribution in [0.4, 0.5) is 0 Å². The molecule has 0 bridgehead atoms. The van der Waals surface area contributed by atoms with Crippen molar-refractivity contribution in [3.8, 4) is 0 Å². The predicted octanol–water partition coefficient (Wildman–Crippen LogP) is 3.42. The third-order valence-electron chi connectivity index (χ3n) is 2.51. The number of aromatic nitrogens is 1. The molecule has 4 heteroatoms. The van der Waals surface area contributed by atoms with E-state index in [4.69, 9.17) is 11.6 Å². The van der Waals surface area contributed by atoms with Crippen LogP contribution in [0.15, 0.2) is 12.1 Å². The lowest BCUT2D eigenvalue weighted by atomic mass is 9.96. The van der Waals surface area contributed by atoms with Crippen LogP contribution in [0.5, 0.6) is 0 Å². The lowest BCUT2D eigenvalue weighted by Gasteiger charge is -2.26. The molecule has 0 atom stereocenters. The Hall–Kier alpha value is -1.09. The molecule has 18 heavy (non-hydrogen) atoms. The molecule has 0 aliphatic carbocycles. The van der Waals surface area contributed by atoms with Crippen molar-refractivity contribution in [1.29, 1.82) is 0 Å². The van der Waals surface area contributed by atoms with Gasteiger partial charge in [-0.2, -0.15) is 0 Å². The fourth-order valence-corrected chi connectivity index (χ4v) is 2.09. The van der Waals surface area contributed by atoms with Crippen molar-refractivity contribution in [2.75, 3.05) is 13.6 Å². The molecule has 1 amide bonds. The zero-order valence-electron chi connectivity index (χ0n) is 11.7. The Balaban J connectivity index is 2.93. The van der Waals surface area contributed by atoms with Gasteiger partial charge in [0.2, 0.25) is 0 Å². The predicted molar refractivity (Wildman–Crippen MR) is 75.0 cm³/mol. The van der Waals surface area contributed by atoms with Gasteiger partial charge in [0.05, 0.1) is 0 Å². The van der Waals surface area contributed by atoms with E-state index in [1.165, 1.54) is 0 Å². The first kappa shape index (κ1) is 15.0. The number of carbonyl (C=O) groups excluding carboxylic acids is 1. The molecule has 100 valence electrons. The van der Waals surface area contributed by atoms with E-state index in [0.29, 0.717) is 17.3 Å². The smallest absolute Gasteiger partial charge is 0.253 e. The number of nitrogens with zero attached hydrogens (tertiary/aromatic N) is 2. The van der Waals surface area contributed by atoms with E-state index in [1.807, 2.05) is 20.0 Å². The summed E-state index contributed by atoms with van der Waals surface area (Å²) in [5, 5.41) is 0.377. The fourth-order valence-electron chi connectivity index (χ4n) is 1.86. The first-order valence-electron chi connectivity index (χ1n) is 6.15. The van der Waals surface area contributed by atoms with E-state index in [2.05, 4.69) is 25.8 Å². The number of hydrogen-bond donors (Lipinski definition) is 0. The van der Waals surface area contributed by atoms with Crippen molar-refractivity contribution in [1.82, 2.24) is 9.88 Å². The maximum atomic E-state index is 12.3. The highest BCUT2D eigenvalue weighted by Crippen LogP contribution is 2.18. The van der Waals surface area contributed by atoms with Crippen molar-refractivity contribution in [2.45, 2.75) is 34.1 Å². The summed E-state index contributed by atoms with van der Waals surface area (Å²) in [5.74, 6) is -0.0103. The minimum absolute atomic E-state index is 0.0103. The molecule has 0 aliphatic rings. The van der Waals surface area contributed by atoms with Crippen molar-refractivity contribution >= 4 is 17.5 Å². The number of pyridine rings is 1. The minimum atomic E-state index is -0.0103. The summed E-state index contributed by atoms with van der Waals surface area (Å²) in [7, 11) is 1.81. The Kier molecular flexibility index (Phi) is 4.74. The highest BCUT2D eigenvalue weighted by atomic mass is 35.5. The minimum Gasteiger partial charge on any atom is -0.341 e. The van der Waals surface area contributed by atoms with Crippen molar-refractivity contribution in [3.63, 3.8) is 0 Å². The number of hydrogen-bond acceptors (Lipinski definition) is 2. The first-order chi connectivity index (χ1) is 8.23. The van der Waals surface area contributed by atoms with E-state index in [0.717, 1.165) is 12.1 Å². The molecular weight excluding hydrogens is 248 g/mol. The summed E-state index contributed by atoms with van der Waals surface area (Å²) >= 11 is 5.93. The molecule has 0 aliphatic heterocycles. The van der Waals surface area contributed by atoms with Crippen LogP contribution in [0.25, 0.3) is 0 Å². The maximum Gasteiger partial charge on any atom is 0.253 e. The van der Waals surface area contributed by atoms with Gasteiger partial charge < -0.3 is 4.90 Å².